The number of hydrogen-bond donors (Lipinski definition) is 1. The fourth-order valence-corrected chi connectivity index (χ4v) is 1.97. The van der Waals surface area contributed by atoms with Crippen molar-refractivity contribution >= 4 is 11.9 Å². The van der Waals surface area contributed by atoms with Crippen LogP contribution in [0.4, 0.5) is 0 Å². The maximum atomic E-state index is 11.4. The summed E-state index contributed by atoms with van der Waals surface area (Å²) in [4.78, 5) is 21.8. The topological polar surface area (TPSA) is 69.2 Å². The van der Waals surface area contributed by atoms with Gasteiger partial charge in [0.2, 0.25) is 5.91 Å². The summed E-state index contributed by atoms with van der Waals surface area (Å²) in [6.07, 6.45) is 11.2. The van der Waals surface area contributed by atoms with E-state index in [-0.39, 0.29) is 35.5 Å². The standard InChI is InChI=1S/C15H29NO3.Na/c1-3-4-5-6-7-8-9-10-11-12-14(17)16-13(2)15(18)19;/h13H,3-12H2,1-2H3,(H,16,17)(H,18,19);/q;+1/p-1/t13-;/m1./s1. The number of nitrogens with one attached hydrogen (secondary N) is 1. The van der Waals surface area contributed by atoms with E-state index in [0.29, 0.717) is 6.42 Å². The van der Waals surface area contributed by atoms with Crippen LogP contribution in [0.1, 0.15) is 78.1 Å². The van der Waals surface area contributed by atoms with E-state index in [1.807, 2.05) is 0 Å². The first-order valence-electron chi connectivity index (χ1n) is 7.58. The summed E-state index contributed by atoms with van der Waals surface area (Å²) in [7, 11) is 0. The number of rotatable bonds is 12. The molecular formula is C15H28NNaO3. The molecule has 0 radical (unpaired) electrons. The largest absolute Gasteiger partial charge is 1.00 e. The normalized spacial score (nSPS) is 11.5. The van der Waals surface area contributed by atoms with Crippen molar-refractivity contribution in [1.29, 1.82) is 0 Å². The molecule has 1 amide bonds. The molecule has 1 atom stereocenters. The maximum Gasteiger partial charge on any atom is 1.00 e. The van der Waals surface area contributed by atoms with Crippen LogP contribution in [0.5, 0.6) is 0 Å². The van der Waals surface area contributed by atoms with Crippen LogP contribution in [-0.4, -0.2) is 17.9 Å². The third-order valence-electron chi connectivity index (χ3n) is 3.24. The number of amides is 1. The fraction of sp³-hybridized carbons (Fsp3) is 0.867. The Balaban J connectivity index is 0. The van der Waals surface area contributed by atoms with Gasteiger partial charge in [0.1, 0.15) is 0 Å². The molecule has 0 heterocycles. The SMILES string of the molecule is CCCCCCCCCCCC(=O)N[C@H](C)C(=O)[O-].[Na+]. The van der Waals surface area contributed by atoms with Crippen LogP contribution in [0.3, 0.4) is 0 Å². The van der Waals surface area contributed by atoms with Gasteiger partial charge in [-0.2, -0.15) is 0 Å². The van der Waals surface area contributed by atoms with E-state index in [2.05, 4.69) is 12.2 Å². The van der Waals surface area contributed by atoms with Gasteiger partial charge in [0.15, 0.2) is 0 Å². The van der Waals surface area contributed by atoms with Crippen LogP contribution in [0.2, 0.25) is 0 Å². The van der Waals surface area contributed by atoms with Crippen LogP contribution >= 0.6 is 0 Å². The van der Waals surface area contributed by atoms with E-state index in [4.69, 9.17) is 0 Å². The Hall–Kier alpha value is -0.0600. The van der Waals surface area contributed by atoms with Gasteiger partial charge in [-0.05, 0) is 13.3 Å². The van der Waals surface area contributed by atoms with E-state index in [1.54, 1.807) is 0 Å². The molecule has 0 aliphatic rings. The van der Waals surface area contributed by atoms with Crippen LogP contribution < -0.4 is 40.0 Å². The van der Waals surface area contributed by atoms with Gasteiger partial charge in [-0.3, -0.25) is 4.79 Å². The Morgan fingerprint density at radius 1 is 0.950 bits per heavy atom. The minimum Gasteiger partial charge on any atom is -0.548 e. The van der Waals surface area contributed by atoms with Crippen LogP contribution in [0, 0.1) is 0 Å². The third kappa shape index (κ3) is 14.4. The van der Waals surface area contributed by atoms with Crippen LogP contribution in [0.25, 0.3) is 0 Å². The van der Waals surface area contributed by atoms with Gasteiger partial charge in [-0.25, -0.2) is 0 Å². The molecule has 4 nitrogen and oxygen atoms in total. The molecule has 5 heteroatoms. The van der Waals surface area contributed by atoms with Gasteiger partial charge in [-0.1, -0.05) is 58.3 Å². The minimum absolute atomic E-state index is 0. The zero-order valence-corrected chi connectivity index (χ0v) is 15.4. The minimum atomic E-state index is -1.24. The molecule has 0 unspecified atom stereocenters. The maximum absolute atomic E-state index is 11.4. The van der Waals surface area contributed by atoms with Crippen LogP contribution in [0.15, 0.2) is 0 Å². The Morgan fingerprint density at radius 3 is 1.85 bits per heavy atom. The zero-order chi connectivity index (χ0) is 14.5. The molecule has 0 aliphatic carbocycles. The molecule has 0 aromatic heterocycles. The van der Waals surface area contributed by atoms with Crippen molar-refractivity contribution in [2.75, 3.05) is 0 Å². The first-order valence-corrected chi connectivity index (χ1v) is 7.58. The second-order valence-corrected chi connectivity index (χ2v) is 5.19. The van der Waals surface area contributed by atoms with Crippen molar-refractivity contribution in [3.63, 3.8) is 0 Å². The van der Waals surface area contributed by atoms with Crippen molar-refractivity contribution in [3.05, 3.63) is 0 Å². The molecule has 0 aromatic rings. The zero-order valence-electron chi connectivity index (χ0n) is 13.4. The molecule has 0 saturated heterocycles. The summed E-state index contributed by atoms with van der Waals surface area (Å²) in [5.74, 6) is -1.43. The summed E-state index contributed by atoms with van der Waals surface area (Å²) in [6.45, 7) is 3.63. The van der Waals surface area contributed by atoms with Gasteiger partial charge < -0.3 is 15.2 Å². The Morgan fingerprint density at radius 2 is 1.40 bits per heavy atom. The van der Waals surface area contributed by atoms with Gasteiger partial charge in [0.25, 0.3) is 0 Å². The second kappa shape index (κ2) is 15.3. The van der Waals surface area contributed by atoms with E-state index < -0.39 is 12.0 Å². The summed E-state index contributed by atoms with van der Waals surface area (Å²) in [5.41, 5.74) is 0. The first-order chi connectivity index (χ1) is 9.07. The molecule has 20 heavy (non-hydrogen) atoms. The van der Waals surface area contributed by atoms with E-state index in [1.165, 1.54) is 45.4 Å². The van der Waals surface area contributed by atoms with Gasteiger partial charge in [0.05, 0.1) is 12.0 Å². The molecule has 0 rings (SSSR count). The quantitative estimate of drug-likeness (QED) is 0.377. The summed E-state index contributed by atoms with van der Waals surface area (Å²) in [6, 6.07) is -0.897. The third-order valence-corrected chi connectivity index (χ3v) is 3.24. The second-order valence-electron chi connectivity index (χ2n) is 5.19. The number of unbranched alkanes of at least 4 members (excludes halogenated alkanes) is 8. The molecule has 0 bridgehead atoms. The van der Waals surface area contributed by atoms with Crippen molar-refractivity contribution in [1.82, 2.24) is 5.32 Å². The summed E-state index contributed by atoms with van der Waals surface area (Å²) < 4.78 is 0. The van der Waals surface area contributed by atoms with Crippen LogP contribution in [-0.2, 0) is 9.59 Å². The van der Waals surface area contributed by atoms with E-state index in [0.717, 1.165) is 19.3 Å². The number of carboxylic acids is 1. The summed E-state index contributed by atoms with van der Waals surface area (Å²) >= 11 is 0. The monoisotopic (exact) mass is 293 g/mol. The number of carbonyl (C=O) groups is 2. The predicted octanol–water partition coefficient (Wildman–Crippen LogP) is -0.834. The van der Waals surface area contributed by atoms with Gasteiger partial charge in [0, 0.05) is 6.42 Å². The average Bonchev–Trinajstić information content (AvgIpc) is 2.36. The molecule has 0 saturated carbocycles. The molecule has 112 valence electrons. The Kier molecular flexibility index (Phi) is 17.0. The molecule has 0 aromatic carbocycles. The molecule has 1 N–H and O–H groups in total. The molecular weight excluding hydrogens is 265 g/mol. The van der Waals surface area contributed by atoms with Crippen molar-refractivity contribution in [2.24, 2.45) is 0 Å². The van der Waals surface area contributed by atoms with Crippen molar-refractivity contribution < 1.29 is 44.3 Å². The Bertz CT molecular complexity index is 260. The molecule has 0 spiro atoms. The summed E-state index contributed by atoms with van der Waals surface area (Å²) in [5, 5.41) is 12.8. The average molecular weight is 293 g/mol. The molecule has 0 aliphatic heterocycles. The number of carbonyl (C=O) groups excluding carboxylic acids is 2. The number of aliphatic carboxylic acids is 1. The van der Waals surface area contributed by atoms with Gasteiger partial charge >= 0.3 is 29.6 Å². The van der Waals surface area contributed by atoms with E-state index in [9.17, 15) is 14.7 Å². The fourth-order valence-electron chi connectivity index (χ4n) is 1.97. The smallest absolute Gasteiger partial charge is 0.548 e. The Labute approximate surface area is 145 Å². The van der Waals surface area contributed by atoms with Gasteiger partial charge in [-0.15, -0.1) is 0 Å². The number of hydrogen-bond acceptors (Lipinski definition) is 3. The van der Waals surface area contributed by atoms with Crippen molar-refractivity contribution in [3.8, 4) is 0 Å². The van der Waals surface area contributed by atoms with E-state index >= 15 is 0 Å². The predicted molar refractivity (Wildman–Crippen MR) is 74.5 cm³/mol. The van der Waals surface area contributed by atoms with Crippen molar-refractivity contribution in [2.45, 2.75) is 84.1 Å². The number of carboxylic acid groups (broad SMARTS) is 1. The first kappa shape index (κ1) is 22.2. The molecule has 0 fully saturated rings.